The van der Waals surface area contributed by atoms with Gasteiger partial charge in [-0.15, -0.1) is 0 Å². The van der Waals surface area contributed by atoms with Crippen molar-refractivity contribution >= 4 is 0 Å². The van der Waals surface area contributed by atoms with E-state index < -0.39 is 0 Å². The smallest absolute Gasteiger partial charge is 0.0681 e. The molecule has 0 aliphatic rings. The van der Waals surface area contributed by atoms with E-state index in [1.165, 1.54) is 11.1 Å². The lowest BCUT2D eigenvalue weighted by molar-refractivity contribution is 0.170. The van der Waals surface area contributed by atoms with Gasteiger partial charge in [0.05, 0.1) is 6.61 Å². The first-order valence-electron chi connectivity index (χ1n) is 8.95. The summed E-state index contributed by atoms with van der Waals surface area (Å²) in [5, 5.41) is 9.46. The lowest BCUT2D eigenvalue weighted by atomic mass is 9.87. The van der Waals surface area contributed by atoms with Crippen LogP contribution in [0, 0.1) is 6.07 Å². The van der Waals surface area contributed by atoms with Crippen LogP contribution < -0.4 is 0 Å². The molecule has 24 heavy (non-hydrogen) atoms. The summed E-state index contributed by atoms with van der Waals surface area (Å²) in [5.41, 5.74) is 3.44. The largest absolute Gasteiger partial charge is 0.392 e. The first-order chi connectivity index (χ1) is 11.5. The van der Waals surface area contributed by atoms with Crippen LogP contribution in [0.25, 0.3) is 0 Å². The number of aliphatic hydroxyl groups excluding tert-OH is 1. The summed E-state index contributed by atoms with van der Waals surface area (Å²) in [6.45, 7) is 10.2. The number of hydrogen-bond acceptors (Lipinski definition) is 2. The summed E-state index contributed by atoms with van der Waals surface area (Å²) in [4.78, 5) is 2.53. The standard InChI is InChI=1S/C22H30NO/c1-17(2)23(18(3)4)14-13-22(20-10-6-5-7-11-20)21-12-8-9-19(15-21)16-24/h5-11,15,17-18,22,24H,13-14,16H2,1-4H3/t22-/m1/s1. The predicted molar refractivity (Wildman–Crippen MR) is 101 cm³/mol. The van der Waals surface area contributed by atoms with E-state index in [0.717, 1.165) is 18.5 Å². The van der Waals surface area contributed by atoms with Crippen molar-refractivity contribution in [3.05, 3.63) is 71.3 Å². The zero-order valence-electron chi connectivity index (χ0n) is 15.4. The highest BCUT2D eigenvalue weighted by Crippen LogP contribution is 2.29. The van der Waals surface area contributed by atoms with Crippen molar-refractivity contribution in [1.82, 2.24) is 4.90 Å². The lowest BCUT2D eigenvalue weighted by Crippen LogP contribution is -2.38. The van der Waals surface area contributed by atoms with Crippen LogP contribution in [-0.2, 0) is 6.61 Å². The molecule has 129 valence electrons. The zero-order chi connectivity index (χ0) is 17.5. The molecule has 0 saturated heterocycles. The fourth-order valence-corrected chi connectivity index (χ4v) is 3.41. The van der Waals surface area contributed by atoms with E-state index in [-0.39, 0.29) is 6.61 Å². The van der Waals surface area contributed by atoms with Crippen LogP contribution in [0.15, 0.2) is 48.5 Å². The number of benzene rings is 2. The Balaban J connectivity index is 2.27. The molecule has 2 aromatic carbocycles. The number of aliphatic hydroxyl groups is 1. The lowest BCUT2D eigenvalue weighted by Gasteiger charge is -2.32. The van der Waals surface area contributed by atoms with Gasteiger partial charge in [-0.2, -0.15) is 0 Å². The number of nitrogens with zero attached hydrogens (tertiary/aromatic N) is 1. The van der Waals surface area contributed by atoms with Crippen molar-refractivity contribution in [3.63, 3.8) is 0 Å². The summed E-state index contributed by atoms with van der Waals surface area (Å²) in [6.07, 6.45) is 1.05. The fourth-order valence-electron chi connectivity index (χ4n) is 3.41. The Morgan fingerprint density at radius 2 is 1.67 bits per heavy atom. The summed E-state index contributed by atoms with van der Waals surface area (Å²) >= 11 is 0. The van der Waals surface area contributed by atoms with Crippen molar-refractivity contribution in [2.24, 2.45) is 0 Å². The molecule has 0 amide bonds. The van der Waals surface area contributed by atoms with Crippen LogP contribution >= 0.6 is 0 Å². The van der Waals surface area contributed by atoms with Crippen molar-refractivity contribution < 1.29 is 5.11 Å². The van der Waals surface area contributed by atoms with Gasteiger partial charge in [0.1, 0.15) is 0 Å². The Hall–Kier alpha value is -1.64. The number of rotatable bonds is 8. The second-order valence-corrected chi connectivity index (χ2v) is 6.99. The normalized spacial score (nSPS) is 13.0. The molecule has 0 aliphatic carbocycles. The van der Waals surface area contributed by atoms with Gasteiger partial charge in [0.25, 0.3) is 0 Å². The Morgan fingerprint density at radius 1 is 1.00 bits per heavy atom. The molecular formula is C22H30NO. The topological polar surface area (TPSA) is 23.5 Å². The van der Waals surface area contributed by atoms with E-state index in [0.29, 0.717) is 18.0 Å². The highest BCUT2D eigenvalue weighted by molar-refractivity contribution is 5.34. The van der Waals surface area contributed by atoms with Gasteiger partial charge in [0.2, 0.25) is 0 Å². The van der Waals surface area contributed by atoms with Gasteiger partial charge in [-0.05, 0) is 63.4 Å². The molecule has 0 aliphatic heterocycles. The minimum Gasteiger partial charge on any atom is -0.392 e. The predicted octanol–water partition coefficient (Wildman–Crippen LogP) is 4.62. The third-order valence-electron chi connectivity index (χ3n) is 4.65. The zero-order valence-corrected chi connectivity index (χ0v) is 15.4. The molecular weight excluding hydrogens is 294 g/mol. The van der Waals surface area contributed by atoms with Crippen LogP contribution in [0.1, 0.15) is 56.7 Å². The highest BCUT2D eigenvalue weighted by atomic mass is 16.3. The maximum absolute atomic E-state index is 9.46. The third kappa shape index (κ3) is 4.93. The minimum absolute atomic E-state index is 0.0767. The Bertz CT molecular complexity index is 598. The molecule has 0 bridgehead atoms. The van der Waals surface area contributed by atoms with E-state index in [1.807, 2.05) is 12.1 Å². The van der Waals surface area contributed by atoms with Crippen LogP contribution in [0.2, 0.25) is 0 Å². The van der Waals surface area contributed by atoms with E-state index in [9.17, 15) is 5.11 Å². The monoisotopic (exact) mass is 324 g/mol. The summed E-state index contributed by atoms with van der Waals surface area (Å²) in [5.74, 6) is 0.303. The number of hydrogen-bond donors (Lipinski definition) is 1. The van der Waals surface area contributed by atoms with Crippen molar-refractivity contribution in [2.45, 2.75) is 58.7 Å². The first-order valence-corrected chi connectivity index (χ1v) is 8.95. The van der Waals surface area contributed by atoms with E-state index in [2.05, 4.69) is 75.1 Å². The van der Waals surface area contributed by atoms with Crippen molar-refractivity contribution in [3.8, 4) is 0 Å². The van der Waals surface area contributed by atoms with Gasteiger partial charge < -0.3 is 5.11 Å². The van der Waals surface area contributed by atoms with Gasteiger partial charge in [0.15, 0.2) is 0 Å². The maximum Gasteiger partial charge on any atom is 0.0681 e. The first kappa shape index (κ1) is 18.7. The molecule has 2 rings (SSSR count). The maximum atomic E-state index is 9.46. The molecule has 0 spiro atoms. The second kappa shape index (κ2) is 9.00. The quantitative estimate of drug-likeness (QED) is 0.766. The molecule has 0 saturated carbocycles. The fraction of sp³-hybridized carbons (Fsp3) is 0.455. The van der Waals surface area contributed by atoms with Gasteiger partial charge in [-0.1, -0.05) is 48.5 Å². The van der Waals surface area contributed by atoms with Gasteiger partial charge >= 0.3 is 0 Å². The minimum atomic E-state index is 0.0767. The molecule has 1 atom stereocenters. The van der Waals surface area contributed by atoms with Crippen LogP contribution in [0.5, 0.6) is 0 Å². The van der Waals surface area contributed by atoms with Gasteiger partial charge in [0, 0.05) is 18.0 Å². The average Bonchev–Trinajstić information content (AvgIpc) is 2.59. The molecule has 2 aromatic rings. The molecule has 1 N–H and O–H groups in total. The molecule has 0 unspecified atom stereocenters. The SMILES string of the molecule is CC(C)N(CC[C@@H](c1[c]ccc(CO)c1)c1ccccc1)C(C)C. The Morgan fingerprint density at radius 3 is 2.25 bits per heavy atom. The van der Waals surface area contributed by atoms with Crippen molar-refractivity contribution in [2.75, 3.05) is 6.54 Å². The summed E-state index contributed by atoms with van der Waals surface area (Å²) in [7, 11) is 0. The van der Waals surface area contributed by atoms with Crippen LogP contribution in [0.3, 0.4) is 0 Å². The van der Waals surface area contributed by atoms with Crippen molar-refractivity contribution in [1.29, 1.82) is 0 Å². The third-order valence-corrected chi connectivity index (χ3v) is 4.65. The molecule has 2 heteroatoms. The average molecular weight is 324 g/mol. The Labute approximate surface area is 147 Å². The Kier molecular flexibility index (Phi) is 7.01. The molecule has 1 radical (unpaired) electrons. The second-order valence-electron chi connectivity index (χ2n) is 6.99. The van der Waals surface area contributed by atoms with E-state index in [4.69, 9.17) is 0 Å². The van der Waals surface area contributed by atoms with E-state index >= 15 is 0 Å². The molecule has 0 aromatic heterocycles. The van der Waals surface area contributed by atoms with Gasteiger partial charge in [-0.25, -0.2) is 0 Å². The summed E-state index contributed by atoms with van der Waals surface area (Å²) in [6, 6.07) is 21.1. The molecule has 2 nitrogen and oxygen atoms in total. The van der Waals surface area contributed by atoms with Gasteiger partial charge in [-0.3, -0.25) is 4.90 Å². The highest BCUT2D eigenvalue weighted by Gasteiger charge is 2.19. The van der Waals surface area contributed by atoms with Crippen LogP contribution in [-0.4, -0.2) is 28.6 Å². The van der Waals surface area contributed by atoms with E-state index in [1.54, 1.807) is 0 Å². The summed E-state index contributed by atoms with van der Waals surface area (Å²) < 4.78 is 0. The molecule has 0 fully saturated rings. The van der Waals surface area contributed by atoms with Crippen LogP contribution in [0.4, 0.5) is 0 Å². The molecule has 0 heterocycles.